The van der Waals surface area contributed by atoms with Crippen LogP contribution in [0.2, 0.25) is 0 Å². The number of carboxylic acids is 1. The maximum absolute atomic E-state index is 10.7. The Kier molecular flexibility index (Phi) is 5.78. The average molecular weight is 288 g/mol. The molecule has 0 saturated carbocycles. The third-order valence-corrected chi connectivity index (χ3v) is 4.07. The maximum atomic E-state index is 10.7. The van der Waals surface area contributed by atoms with Crippen LogP contribution in [0.25, 0.3) is 6.08 Å². The van der Waals surface area contributed by atoms with E-state index in [9.17, 15) is 4.79 Å². The van der Waals surface area contributed by atoms with Crippen molar-refractivity contribution in [3.8, 4) is 0 Å². The molecule has 0 aliphatic carbocycles. The van der Waals surface area contributed by atoms with Crippen molar-refractivity contribution in [3.05, 3.63) is 30.0 Å². The highest BCUT2D eigenvalue weighted by Gasteiger charge is 2.18. The molecule has 1 N–H and O–H groups in total. The molecule has 0 radical (unpaired) electrons. The van der Waals surface area contributed by atoms with Crippen molar-refractivity contribution in [2.75, 3.05) is 18.0 Å². The minimum absolute atomic E-state index is 0.821. The van der Waals surface area contributed by atoms with Crippen molar-refractivity contribution in [1.29, 1.82) is 0 Å². The van der Waals surface area contributed by atoms with Gasteiger partial charge in [0.05, 0.1) is 0 Å². The number of anilines is 1. The summed E-state index contributed by atoms with van der Waals surface area (Å²) in [5, 5.41) is 8.79. The third kappa shape index (κ3) is 4.59. The molecule has 2 heterocycles. The minimum Gasteiger partial charge on any atom is -0.478 e. The first-order valence-corrected chi connectivity index (χ1v) is 7.81. The van der Waals surface area contributed by atoms with Gasteiger partial charge in [-0.15, -0.1) is 0 Å². The van der Waals surface area contributed by atoms with Crippen molar-refractivity contribution in [2.24, 2.45) is 5.92 Å². The fourth-order valence-electron chi connectivity index (χ4n) is 3.04. The predicted octanol–water partition coefficient (Wildman–Crippen LogP) is 3.59. The fourth-order valence-corrected chi connectivity index (χ4v) is 3.04. The van der Waals surface area contributed by atoms with E-state index in [0.29, 0.717) is 0 Å². The highest BCUT2D eigenvalue weighted by atomic mass is 16.4. The van der Waals surface area contributed by atoms with Crippen LogP contribution >= 0.6 is 0 Å². The molecule has 1 unspecified atom stereocenters. The molecule has 2 rings (SSSR count). The van der Waals surface area contributed by atoms with Crippen LogP contribution < -0.4 is 4.90 Å². The number of carbonyl (C=O) groups is 1. The van der Waals surface area contributed by atoms with Crippen LogP contribution in [-0.4, -0.2) is 29.1 Å². The first-order valence-electron chi connectivity index (χ1n) is 7.81. The van der Waals surface area contributed by atoms with Crippen molar-refractivity contribution in [1.82, 2.24) is 4.98 Å². The van der Waals surface area contributed by atoms with Gasteiger partial charge in [-0.05, 0) is 43.4 Å². The molecule has 0 aromatic carbocycles. The Morgan fingerprint density at radius 2 is 2.33 bits per heavy atom. The quantitative estimate of drug-likeness (QED) is 0.841. The number of pyridine rings is 1. The normalized spacial score (nSPS) is 19.7. The molecule has 1 aliphatic heterocycles. The van der Waals surface area contributed by atoms with E-state index in [1.165, 1.54) is 38.2 Å². The molecule has 1 fully saturated rings. The number of hydrogen-bond acceptors (Lipinski definition) is 3. The molecule has 0 spiro atoms. The van der Waals surface area contributed by atoms with E-state index in [-0.39, 0.29) is 0 Å². The number of carboxylic acid groups (broad SMARTS) is 1. The number of aromatic nitrogens is 1. The van der Waals surface area contributed by atoms with Crippen molar-refractivity contribution in [2.45, 2.75) is 39.0 Å². The summed E-state index contributed by atoms with van der Waals surface area (Å²) in [5.74, 6) is 0.803. The third-order valence-electron chi connectivity index (χ3n) is 4.07. The molecule has 1 atom stereocenters. The predicted molar refractivity (Wildman–Crippen MR) is 85.4 cm³/mol. The average Bonchev–Trinajstić information content (AvgIpc) is 2.71. The van der Waals surface area contributed by atoms with Gasteiger partial charge >= 0.3 is 5.97 Å². The summed E-state index contributed by atoms with van der Waals surface area (Å²) in [6.07, 6.45) is 10.8. The summed E-state index contributed by atoms with van der Waals surface area (Å²) in [5.41, 5.74) is 0.883. The summed E-state index contributed by atoms with van der Waals surface area (Å²) in [6.45, 7) is 4.26. The molecule has 1 aromatic heterocycles. The lowest BCUT2D eigenvalue weighted by molar-refractivity contribution is -0.131. The second kappa shape index (κ2) is 7.81. The lowest BCUT2D eigenvalue weighted by Crippen LogP contribution is -2.26. The van der Waals surface area contributed by atoms with Gasteiger partial charge in [0, 0.05) is 30.9 Å². The number of rotatable bonds is 5. The van der Waals surface area contributed by atoms with E-state index in [0.717, 1.165) is 30.4 Å². The highest BCUT2D eigenvalue weighted by Crippen LogP contribution is 2.26. The van der Waals surface area contributed by atoms with Crippen LogP contribution in [0.5, 0.6) is 0 Å². The van der Waals surface area contributed by atoms with Crippen LogP contribution in [-0.2, 0) is 4.79 Å². The summed E-state index contributed by atoms with van der Waals surface area (Å²) in [4.78, 5) is 17.5. The monoisotopic (exact) mass is 288 g/mol. The Labute approximate surface area is 126 Å². The van der Waals surface area contributed by atoms with Crippen molar-refractivity contribution in [3.63, 3.8) is 0 Å². The molecule has 0 amide bonds. The van der Waals surface area contributed by atoms with E-state index < -0.39 is 5.97 Å². The SMILES string of the molecule is CCCC1CCCN(c2ncccc2/C=C/C(=O)O)CC1. The van der Waals surface area contributed by atoms with Gasteiger partial charge in [0.1, 0.15) is 5.82 Å². The molecule has 1 aliphatic rings. The minimum atomic E-state index is -0.927. The van der Waals surface area contributed by atoms with E-state index in [1.54, 1.807) is 12.3 Å². The van der Waals surface area contributed by atoms with E-state index in [4.69, 9.17) is 5.11 Å². The van der Waals surface area contributed by atoms with Gasteiger partial charge in [-0.2, -0.15) is 0 Å². The zero-order chi connectivity index (χ0) is 15.1. The summed E-state index contributed by atoms with van der Waals surface area (Å²) in [6, 6.07) is 3.78. The molecular formula is C17H24N2O2. The van der Waals surface area contributed by atoms with Gasteiger partial charge in [0.15, 0.2) is 0 Å². The lowest BCUT2D eigenvalue weighted by Gasteiger charge is -2.23. The fraction of sp³-hybridized carbons (Fsp3) is 0.529. The Morgan fingerprint density at radius 1 is 1.48 bits per heavy atom. The molecule has 1 aromatic rings. The molecule has 114 valence electrons. The Balaban J connectivity index is 2.12. The van der Waals surface area contributed by atoms with E-state index in [2.05, 4.69) is 16.8 Å². The van der Waals surface area contributed by atoms with Crippen LogP contribution in [0.3, 0.4) is 0 Å². The zero-order valence-electron chi connectivity index (χ0n) is 12.7. The molecule has 4 nitrogen and oxygen atoms in total. The first kappa shape index (κ1) is 15.5. The molecule has 1 saturated heterocycles. The van der Waals surface area contributed by atoms with E-state index >= 15 is 0 Å². The van der Waals surface area contributed by atoms with Gasteiger partial charge in [-0.1, -0.05) is 19.8 Å². The second-order valence-electron chi connectivity index (χ2n) is 5.66. The Morgan fingerprint density at radius 3 is 3.10 bits per heavy atom. The largest absolute Gasteiger partial charge is 0.478 e. The van der Waals surface area contributed by atoms with Gasteiger partial charge in [-0.3, -0.25) is 0 Å². The van der Waals surface area contributed by atoms with Gasteiger partial charge in [0.25, 0.3) is 0 Å². The number of hydrogen-bond donors (Lipinski definition) is 1. The topological polar surface area (TPSA) is 53.4 Å². The number of aliphatic carboxylic acids is 1. The highest BCUT2D eigenvalue weighted by molar-refractivity contribution is 5.86. The van der Waals surface area contributed by atoms with Crippen LogP contribution in [0.1, 0.15) is 44.6 Å². The Bertz CT molecular complexity index is 499. The van der Waals surface area contributed by atoms with Gasteiger partial charge in [-0.25, -0.2) is 9.78 Å². The first-order chi connectivity index (χ1) is 10.2. The summed E-state index contributed by atoms with van der Waals surface area (Å²) < 4.78 is 0. The Hall–Kier alpha value is -1.84. The van der Waals surface area contributed by atoms with E-state index in [1.807, 2.05) is 12.1 Å². The number of nitrogens with zero attached hydrogens (tertiary/aromatic N) is 2. The molecular weight excluding hydrogens is 264 g/mol. The molecule has 4 heteroatoms. The van der Waals surface area contributed by atoms with Crippen LogP contribution in [0.15, 0.2) is 24.4 Å². The summed E-state index contributed by atoms with van der Waals surface area (Å²) >= 11 is 0. The van der Waals surface area contributed by atoms with Crippen molar-refractivity contribution >= 4 is 17.9 Å². The van der Waals surface area contributed by atoms with Crippen LogP contribution in [0, 0.1) is 5.92 Å². The maximum Gasteiger partial charge on any atom is 0.328 e. The zero-order valence-corrected chi connectivity index (χ0v) is 12.7. The standard InChI is InChI=1S/C17H24N2O2/c1-2-5-14-6-4-12-19(13-10-14)17-15(7-3-11-18-17)8-9-16(20)21/h3,7-9,11,14H,2,4-6,10,12-13H2,1H3,(H,20,21)/b9-8+. The lowest BCUT2D eigenvalue weighted by atomic mass is 9.96. The van der Waals surface area contributed by atoms with Crippen LogP contribution in [0.4, 0.5) is 5.82 Å². The summed E-state index contributed by atoms with van der Waals surface area (Å²) in [7, 11) is 0. The van der Waals surface area contributed by atoms with Gasteiger partial charge < -0.3 is 10.0 Å². The molecule has 21 heavy (non-hydrogen) atoms. The van der Waals surface area contributed by atoms with Gasteiger partial charge in [0.2, 0.25) is 0 Å². The van der Waals surface area contributed by atoms with Crippen molar-refractivity contribution < 1.29 is 9.90 Å². The molecule has 0 bridgehead atoms. The second-order valence-corrected chi connectivity index (χ2v) is 5.66. The smallest absolute Gasteiger partial charge is 0.328 e.